The Morgan fingerprint density at radius 1 is 1.05 bits per heavy atom. The van der Waals surface area contributed by atoms with Crippen LogP contribution in [0.25, 0.3) is 27.8 Å². The molecule has 1 N–H and O–H groups in total. The van der Waals surface area contributed by atoms with Crippen LogP contribution in [0, 0.1) is 11.6 Å². The summed E-state index contributed by atoms with van der Waals surface area (Å²) in [5.41, 5.74) is 4.02. The van der Waals surface area contributed by atoms with E-state index in [1.54, 1.807) is 28.9 Å². The van der Waals surface area contributed by atoms with Crippen LogP contribution < -0.4 is 0 Å². The van der Waals surface area contributed by atoms with Crippen LogP contribution in [0.3, 0.4) is 0 Å². The summed E-state index contributed by atoms with van der Waals surface area (Å²) in [5.74, 6) is -0.958. The summed E-state index contributed by atoms with van der Waals surface area (Å²) in [5, 5.41) is 17.2. The van der Waals surface area contributed by atoms with Gasteiger partial charge in [0.2, 0.25) is 10.0 Å². The van der Waals surface area contributed by atoms with E-state index in [9.17, 15) is 17.2 Å². The Labute approximate surface area is 236 Å². The molecule has 212 valence electrons. The number of nitrogens with zero attached hydrogens (tertiary/aromatic N) is 6. The lowest BCUT2D eigenvalue weighted by Crippen LogP contribution is -2.34. The number of nitrogens with one attached hydrogen (secondary N) is 1. The Balaban J connectivity index is 1.23. The van der Waals surface area contributed by atoms with Crippen LogP contribution in [0.15, 0.2) is 71.8 Å². The second-order valence-electron chi connectivity index (χ2n) is 10.5. The number of fused-ring (bicyclic) bond motifs is 1. The number of likely N-dealkylation sites (tertiary alicyclic amines) is 1. The lowest BCUT2D eigenvalue weighted by molar-refractivity contribution is 0.194. The number of sulfonamides is 1. The average molecular weight is 578 g/mol. The van der Waals surface area contributed by atoms with Gasteiger partial charge in [0, 0.05) is 49.6 Å². The molecule has 1 fully saturated rings. The van der Waals surface area contributed by atoms with E-state index in [-0.39, 0.29) is 22.9 Å². The predicted molar refractivity (Wildman–Crippen MR) is 151 cm³/mol. The summed E-state index contributed by atoms with van der Waals surface area (Å²) in [6, 6.07) is 16.4. The zero-order chi connectivity index (χ0) is 28.7. The fraction of sp³-hybridized carbons (Fsp3) is 0.276. The first-order valence-electron chi connectivity index (χ1n) is 13.3. The predicted octanol–water partition coefficient (Wildman–Crippen LogP) is 4.72. The van der Waals surface area contributed by atoms with Gasteiger partial charge in [0.25, 0.3) is 0 Å². The maximum atomic E-state index is 14.2. The highest BCUT2D eigenvalue weighted by molar-refractivity contribution is 7.89. The molecule has 1 saturated heterocycles. The second kappa shape index (κ2) is 10.8. The van der Waals surface area contributed by atoms with Crippen LogP contribution in [0.4, 0.5) is 8.78 Å². The molecule has 0 saturated carbocycles. The third-order valence-electron chi connectivity index (χ3n) is 7.60. The molecule has 3 aromatic carbocycles. The van der Waals surface area contributed by atoms with E-state index in [0.29, 0.717) is 12.2 Å². The van der Waals surface area contributed by atoms with Crippen LogP contribution >= 0.6 is 0 Å². The summed E-state index contributed by atoms with van der Waals surface area (Å²) < 4.78 is 56.2. The minimum atomic E-state index is -3.53. The molecule has 0 bridgehead atoms. The highest BCUT2D eigenvalue weighted by atomic mass is 32.2. The average Bonchev–Trinajstić information content (AvgIpc) is 3.63. The van der Waals surface area contributed by atoms with Gasteiger partial charge in [-0.15, -0.1) is 5.10 Å². The van der Waals surface area contributed by atoms with Crippen molar-refractivity contribution in [2.24, 2.45) is 0 Å². The minimum absolute atomic E-state index is 0.0926. The number of H-pyrrole nitrogens is 1. The molecule has 41 heavy (non-hydrogen) atoms. The molecule has 0 aliphatic carbocycles. The zero-order valence-corrected chi connectivity index (χ0v) is 23.4. The van der Waals surface area contributed by atoms with Crippen molar-refractivity contribution < 1.29 is 17.2 Å². The van der Waals surface area contributed by atoms with Crippen molar-refractivity contribution in [3.05, 3.63) is 89.8 Å². The lowest BCUT2D eigenvalue weighted by atomic mass is 9.95. The van der Waals surface area contributed by atoms with E-state index in [1.165, 1.54) is 36.6 Å². The molecule has 0 radical (unpaired) electrons. The molecule has 0 unspecified atom stereocenters. The van der Waals surface area contributed by atoms with Crippen LogP contribution in [0.2, 0.25) is 0 Å². The van der Waals surface area contributed by atoms with Crippen LogP contribution in [-0.2, 0) is 16.6 Å². The molecule has 1 aliphatic heterocycles. The molecule has 2 aromatic heterocycles. The molecular weight excluding hydrogens is 548 g/mol. The Morgan fingerprint density at radius 3 is 2.54 bits per heavy atom. The van der Waals surface area contributed by atoms with Gasteiger partial charge in [0.05, 0.1) is 33.7 Å². The van der Waals surface area contributed by atoms with E-state index in [1.807, 2.05) is 24.4 Å². The number of hydrogen-bond acceptors (Lipinski definition) is 6. The Bertz CT molecular complexity index is 1800. The zero-order valence-electron chi connectivity index (χ0n) is 22.6. The number of piperidine rings is 1. The van der Waals surface area contributed by atoms with Crippen molar-refractivity contribution in [2.75, 3.05) is 27.2 Å². The fourth-order valence-electron chi connectivity index (χ4n) is 5.30. The Morgan fingerprint density at radius 2 is 1.80 bits per heavy atom. The Hall–Kier alpha value is -4.00. The number of halogens is 2. The number of hydrogen-bond donors (Lipinski definition) is 1. The summed E-state index contributed by atoms with van der Waals surface area (Å²) in [4.78, 5) is 2.27. The largest absolute Gasteiger partial charge is 0.298 e. The maximum absolute atomic E-state index is 14.2. The quantitative estimate of drug-likeness (QED) is 0.301. The van der Waals surface area contributed by atoms with E-state index in [0.717, 1.165) is 47.2 Å². The highest BCUT2D eigenvalue weighted by Gasteiger charge is 2.25. The van der Waals surface area contributed by atoms with Crippen LogP contribution in [-0.4, -0.2) is 70.0 Å². The van der Waals surface area contributed by atoms with Crippen molar-refractivity contribution in [1.82, 2.24) is 34.4 Å². The van der Waals surface area contributed by atoms with Gasteiger partial charge in [-0.1, -0.05) is 23.4 Å². The van der Waals surface area contributed by atoms with E-state index < -0.39 is 21.7 Å². The third kappa shape index (κ3) is 5.25. The molecule has 0 amide bonds. The van der Waals surface area contributed by atoms with Gasteiger partial charge in [-0.2, -0.15) is 5.10 Å². The summed E-state index contributed by atoms with van der Waals surface area (Å²) in [6.07, 6.45) is 3.71. The second-order valence-corrected chi connectivity index (χ2v) is 12.6. The topological polar surface area (TPSA) is 100 Å². The first kappa shape index (κ1) is 27.2. The normalized spacial score (nSPS) is 16.6. The van der Waals surface area contributed by atoms with Crippen molar-refractivity contribution in [1.29, 1.82) is 0 Å². The summed E-state index contributed by atoms with van der Waals surface area (Å²) in [7, 11) is -0.530. The molecule has 12 heteroatoms. The van der Waals surface area contributed by atoms with Gasteiger partial charge in [0.1, 0.15) is 11.6 Å². The smallest absolute Gasteiger partial charge is 0.242 e. The summed E-state index contributed by atoms with van der Waals surface area (Å²) >= 11 is 0. The van der Waals surface area contributed by atoms with Crippen molar-refractivity contribution in [3.63, 3.8) is 0 Å². The van der Waals surface area contributed by atoms with Gasteiger partial charge in [0.15, 0.2) is 0 Å². The van der Waals surface area contributed by atoms with Gasteiger partial charge < -0.3 is 0 Å². The van der Waals surface area contributed by atoms with E-state index >= 15 is 0 Å². The molecule has 9 nitrogen and oxygen atoms in total. The summed E-state index contributed by atoms with van der Waals surface area (Å²) in [6.45, 7) is 1.61. The van der Waals surface area contributed by atoms with Gasteiger partial charge in [-0.3, -0.25) is 10.00 Å². The van der Waals surface area contributed by atoms with Crippen LogP contribution in [0.1, 0.15) is 30.0 Å². The van der Waals surface area contributed by atoms with Gasteiger partial charge >= 0.3 is 0 Å². The number of aromatic nitrogens is 5. The maximum Gasteiger partial charge on any atom is 0.242 e. The number of rotatable bonds is 7. The Kier molecular flexibility index (Phi) is 7.14. The first-order valence-corrected chi connectivity index (χ1v) is 14.7. The first-order chi connectivity index (χ1) is 19.7. The number of benzene rings is 3. The van der Waals surface area contributed by atoms with E-state index in [2.05, 4.69) is 25.4 Å². The highest BCUT2D eigenvalue weighted by Crippen LogP contribution is 2.31. The van der Waals surface area contributed by atoms with E-state index in [4.69, 9.17) is 0 Å². The molecule has 6 rings (SSSR count). The monoisotopic (exact) mass is 577 g/mol. The SMILES string of the molecule is CN(C)S(=O)(=O)c1ccc(-c2n[nH]c3ccc(-n4cc([C@@H]5CCCN(Cc6c(F)cccc6F)C5)nn4)cc23)cc1. The molecule has 1 atom stereocenters. The van der Waals surface area contributed by atoms with Crippen molar-refractivity contribution >= 4 is 20.9 Å². The molecular formula is C29H29F2N7O2S. The lowest BCUT2D eigenvalue weighted by Gasteiger charge is -2.31. The standard InChI is InChI=1S/C29H29F2N7O2S/c1-36(2)41(39,40)22-11-8-19(9-12-22)29-23-15-21(10-13-27(23)32-34-29)38-18-28(33-35-38)20-5-4-14-37(16-20)17-24-25(30)6-3-7-26(24)31/h3,6-13,15,18,20H,4-5,14,16-17H2,1-2H3,(H,32,34)/t20-/m1/s1. The minimum Gasteiger partial charge on any atom is -0.298 e. The third-order valence-corrected chi connectivity index (χ3v) is 9.42. The molecule has 1 aliphatic rings. The van der Waals surface area contributed by atoms with Crippen LogP contribution in [0.5, 0.6) is 0 Å². The number of aromatic amines is 1. The fourth-order valence-corrected chi connectivity index (χ4v) is 6.20. The molecule has 3 heterocycles. The van der Waals surface area contributed by atoms with Crippen molar-refractivity contribution in [2.45, 2.75) is 30.2 Å². The van der Waals surface area contributed by atoms with Gasteiger partial charge in [-0.25, -0.2) is 26.2 Å². The molecule has 5 aromatic rings. The molecule has 0 spiro atoms. The van der Waals surface area contributed by atoms with Gasteiger partial charge in [-0.05, 0) is 61.9 Å². The van der Waals surface area contributed by atoms with Crippen molar-refractivity contribution in [3.8, 4) is 16.9 Å².